The largest absolute Gasteiger partial charge is 0.496 e. The zero-order chi connectivity index (χ0) is 20.4. The maximum atomic E-state index is 13.2. The van der Waals surface area contributed by atoms with Gasteiger partial charge in [-0.25, -0.2) is 0 Å². The van der Waals surface area contributed by atoms with Crippen molar-refractivity contribution in [2.24, 2.45) is 0 Å². The lowest BCUT2D eigenvalue weighted by Gasteiger charge is -2.37. The molecular formula is C23H29ClN2O2. The molecule has 150 valence electrons. The Labute approximate surface area is 173 Å². The van der Waals surface area contributed by atoms with E-state index in [1.54, 1.807) is 7.11 Å². The summed E-state index contributed by atoms with van der Waals surface area (Å²) in [5.41, 5.74) is 5.17. The molecule has 3 rings (SSSR count). The minimum absolute atomic E-state index is 0.101. The van der Waals surface area contributed by atoms with Gasteiger partial charge in [-0.15, -0.1) is 0 Å². The van der Waals surface area contributed by atoms with E-state index in [-0.39, 0.29) is 5.91 Å². The molecule has 2 aromatic carbocycles. The highest BCUT2D eigenvalue weighted by Crippen LogP contribution is 2.31. The fourth-order valence-corrected chi connectivity index (χ4v) is 3.97. The molecule has 1 amide bonds. The maximum absolute atomic E-state index is 13.2. The molecule has 2 aromatic rings. The Kier molecular flexibility index (Phi) is 6.19. The first-order chi connectivity index (χ1) is 13.3. The first kappa shape index (κ1) is 20.5. The zero-order valence-corrected chi connectivity index (χ0v) is 18.1. The monoisotopic (exact) mass is 400 g/mol. The average molecular weight is 401 g/mol. The van der Waals surface area contributed by atoms with Crippen LogP contribution in [0.1, 0.15) is 46.8 Å². The lowest BCUT2D eigenvalue weighted by molar-refractivity contribution is 0.0746. The highest BCUT2D eigenvalue weighted by Gasteiger charge is 2.25. The van der Waals surface area contributed by atoms with Crippen LogP contribution in [0.4, 0.5) is 5.69 Å². The molecule has 0 aliphatic carbocycles. The second-order valence-electron chi connectivity index (χ2n) is 7.77. The van der Waals surface area contributed by atoms with Crippen molar-refractivity contribution in [3.8, 4) is 5.75 Å². The summed E-state index contributed by atoms with van der Waals surface area (Å²) < 4.78 is 5.51. The standard InChI is InChI=1S/C23H29ClN2O2/c1-15(2)19-14-20(17(4)12-22(19)28-5)23(27)26-10-8-25(9-11-26)21-13-18(24)7-6-16(21)3/h6-7,12-15H,8-11H2,1-5H3. The lowest BCUT2D eigenvalue weighted by Crippen LogP contribution is -2.49. The zero-order valence-electron chi connectivity index (χ0n) is 17.4. The molecule has 0 bridgehead atoms. The van der Waals surface area contributed by atoms with E-state index in [2.05, 4.69) is 25.7 Å². The van der Waals surface area contributed by atoms with Gasteiger partial charge >= 0.3 is 0 Å². The number of piperazine rings is 1. The summed E-state index contributed by atoms with van der Waals surface area (Å²) in [4.78, 5) is 17.5. The number of carbonyl (C=O) groups is 1. The highest BCUT2D eigenvalue weighted by molar-refractivity contribution is 6.30. The second kappa shape index (κ2) is 8.44. The summed E-state index contributed by atoms with van der Waals surface area (Å²) in [5, 5.41) is 0.745. The van der Waals surface area contributed by atoms with Crippen LogP contribution in [0.3, 0.4) is 0 Å². The summed E-state index contributed by atoms with van der Waals surface area (Å²) >= 11 is 6.18. The number of carbonyl (C=O) groups excluding carboxylic acids is 1. The molecule has 0 aromatic heterocycles. The van der Waals surface area contributed by atoms with Gasteiger partial charge in [0, 0.05) is 42.5 Å². The second-order valence-corrected chi connectivity index (χ2v) is 8.21. The Morgan fingerprint density at radius 2 is 1.71 bits per heavy atom. The van der Waals surface area contributed by atoms with Crippen molar-refractivity contribution < 1.29 is 9.53 Å². The Hall–Kier alpha value is -2.20. The van der Waals surface area contributed by atoms with E-state index in [4.69, 9.17) is 16.3 Å². The number of benzene rings is 2. The van der Waals surface area contributed by atoms with E-state index in [9.17, 15) is 4.79 Å². The molecule has 1 aliphatic heterocycles. The van der Waals surface area contributed by atoms with Crippen molar-refractivity contribution in [1.82, 2.24) is 4.90 Å². The summed E-state index contributed by atoms with van der Waals surface area (Å²) in [6.07, 6.45) is 0. The van der Waals surface area contributed by atoms with Gasteiger partial charge in [-0.05, 0) is 60.7 Å². The Bertz CT molecular complexity index is 871. The Morgan fingerprint density at radius 1 is 1.04 bits per heavy atom. The number of methoxy groups -OCH3 is 1. The molecule has 1 saturated heterocycles. The van der Waals surface area contributed by atoms with Crippen molar-refractivity contribution in [3.63, 3.8) is 0 Å². The van der Waals surface area contributed by atoms with E-state index in [0.29, 0.717) is 19.0 Å². The van der Waals surface area contributed by atoms with Crippen LogP contribution in [0.25, 0.3) is 0 Å². The van der Waals surface area contributed by atoms with E-state index in [1.165, 1.54) is 5.56 Å². The molecule has 5 heteroatoms. The molecule has 1 aliphatic rings. The van der Waals surface area contributed by atoms with E-state index >= 15 is 0 Å². The van der Waals surface area contributed by atoms with Crippen molar-refractivity contribution in [2.45, 2.75) is 33.6 Å². The minimum Gasteiger partial charge on any atom is -0.496 e. The van der Waals surface area contributed by atoms with Crippen LogP contribution < -0.4 is 9.64 Å². The number of anilines is 1. The Morgan fingerprint density at radius 3 is 2.32 bits per heavy atom. The van der Waals surface area contributed by atoms with Gasteiger partial charge in [-0.2, -0.15) is 0 Å². The van der Waals surface area contributed by atoms with Gasteiger partial charge in [-0.3, -0.25) is 4.79 Å². The number of amides is 1. The predicted molar refractivity (Wildman–Crippen MR) is 116 cm³/mol. The molecule has 0 saturated carbocycles. The van der Waals surface area contributed by atoms with E-state index in [0.717, 1.165) is 46.2 Å². The van der Waals surface area contributed by atoms with Crippen LogP contribution in [0.2, 0.25) is 5.02 Å². The fourth-order valence-electron chi connectivity index (χ4n) is 3.80. The van der Waals surface area contributed by atoms with Gasteiger partial charge < -0.3 is 14.5 Å². The number of hydrogen-bond donors (Lipinski definition) is 0. The van der Waals surface area contributed by atoms with Crippen LogP contribution >= 0.6 is 11.6 Å². The van der Waals surface area contributed by atoms with Gasteiger partial charge in [0.1, 0.15) is 5.75 Å². The van der Waals surface area contributed by atoms with E-state index < -0.39 is 0 Å². The van der Waals surface area contributed by atoms with Gasteiger partial charge in [0.05, 0.1) is 7.11 Å². The molecule has 1 fully saturated rings. The normalized spacial score (nSPS) is 14.5. The fraction of sp³-hybridized carbons (Fsp3) is 0.435. The minimum atomic E-state index is 0.101. The van der Waals surface area contributed by atoms with Crippen LogP contribution in [-0.4, -0.2) is 44.1 Å². The van der Waals surface area contributed by atoms with Crippen LogP contribution in [-0.2, 0) is 0 Å². The molecule has 0 unspecified atom stereocenters. The number of hydrogen-bond acceptors (Lipinski definition) is 3. The predicted octanol–water partition coefficient (Wildman–Crippen LogP) is 5.05. The highest BCUT2D eigenvalue weighted by atomic mass is 35.5. The van der Waals surface area contributed by atoms with Gasteiger partial charge in [0.15, 0.2) is 0 Å². The molecule has 0 spiro atoms. The molecule has 0 radical (unpaired) electrons. The average Bonchev–Trinajstić information content (AvgIpc) is 2.69. The topological polar surface area (TPSA) is 32.8 Å². The van der Waals surface area contributed by atoms with Crippen molar-refractivity contribution in [1.29, 1.82) is 0 Å². The first-order valence-electron chi connectivity index (χ1n) is 9.80. The molecule has 4 nitrogen and oxygen atoms in total. The molecule has 0 atom stereocenters. The molecule has 1 heterocycles. The third-order valence-corrected chi connectivity index (χ3v) is 5.74. The maximum Gasteiger partial charge on any atom is 0.254 e. The third kappa shape index (κ3) is 4.12. The molecule has 0 N–H and O–H groups in total. The van der Waals surface area contributed by atoms with Crippen LogP contribution in [0.5, 0.6) is 5.75 Å². The van der Waals surface area contributed by atoms with Crippen LogP contribution in [0.15, 0.2) is 30.3 Å². The number of nitrogens with zero attached hydrogens (tertiary/aromatic N) is 2. The number of rotatable bonds is 4. The molecule has 28 heavy (non-hydrogen) atoms. The van der Waals surface area contributed by atoms with Crippen molar-refractivity contribution in [2.75, 3.05) is 38.2 Å². The Balaban J connectivity index is 1.77. The molecular weight excluding hydrogens is 372 g/mol. The van der Waals surface area contributed by atoms with Crippen molar-refractivity contribution in [3.05, 3.63) is 57.6 Å². The van der Waals surface area contributed by atoms with Gasteiger partial charge in [-0.1, -0.05) is 31.5 Å². The summed E-state index contributed by atoms with van der Waals surface area (Å²) in [5.74, 6) is 1.25. The SMILES string of the molecule is COc1cc(C)c(C(=O)N2CCN(c3cc(Cl)ccc3C)CC2)cc1C(C)C. The summed E-state index contributed by atoms with van der Waals surface area (Å²) in [7, 11) is 1.68. The number of ether oxygens (including phenoxy) is 1. The van der Waals surface area contributed by atoms with Crippen LogP contribution in [0, 0.1) is 13.8 Å². The van der Waals surface area contributed by atoms with Gasteiger partial charge in [0.25, 0.3) is 5.91 Å². The number of aryl methyl sites for hydroxylation is 2. The smallest absolute Gasteiger partial charge is 0.254 e. The summed E-state index contributed by atoms with van der Waals surface area (Å²) in [6, 6.07) is 9.96. The third-order valence-electron chi connectivity index (χ3n) is 5.51. The summed E-state index contributed by atoms with van der Waals surface area (Å²) in [6.45, 7) is 11.3. The number of halogens is 1. The first-order valence-corrected chi connectivity index (χ1v) is 10.2. The van der Waals surface area contributed by atoms with Crippen molar-refractivity contribution >= 4 is 23.2 Å². The lowest BCUT2D eigenvalue weighted by atomic mass is 9.95. The van der Waals surface area contributed by atoms with E-state index in [1.807, 2.05) is 42.2 Å². The van der Waals surface area contributed by atoms with Gasteiger partial charge in [0.2, 0.25) is 0 Å². The quantitative estimate of drug-likeness (QED) is 0.719.